The molecular weight excluding hydrogens is 302 g/mol. The normalized spacial score (nSPS) is 19.1. The molecule has 0 aromatic heterocycles. The molecule has 0 unspecified atom stereocenters. The topological polar surface area (TPSA) is 35.2 Å². The lowest BCUT2D eigenvalue weighted by molar-refractivity contribution is 0.299. The van der Waals surface area contributed by atoms with Crippen LogP contribution < -0.4 is 10.5 Å². The first-order valence-corrected chi connectivity index (χ1v) is 7.06. The van der Waals surface area contributed by atoms with Crippen molar-refractivity contribution >= 4 is 27.5 Å². The molecule has 0 amide bonds. The number of hydrogen-bond acceptors (Lipinski definition) is 2. The molecule has 0 radical (unpaired) electrons. The van der Waals surface area contributed by atoms with Crippen LogP contribution in [0.1, 0.15) is 37.7 Å². The second-order valence-electron chi connectivity index (χ2n) is 4.69. The Balaban J connectivity index is 2.46. The number of halogens is 2. The molecule has 0 bridgehead atoms. The third-order valence-corrected chi connectivity index (χ3v) is 4.54. The van der Waals surface area contributed by atoms with E-state index >= 15 is 0 Å². The number of methoxy groups -OCH3 is 1. The molecule has 2 N–H and O–H groups in total. The van der Waals surface area contributed by atoms with E-state index in [1.165, 1.54) is 19.3 Å². The van der Waals surface area contributed by atoms with Gasteiger partial charge < -0.3 is 10.5 Å². The molecule has 2 rings (SSSR count). The van der Waals surface area contributed by atoms with E-state index in [0.717, 1.165) is 28.6 Å². The molecule has 0 heterocycles. The van der Waals surface area contributed by atoms with Crippen LogP contribution in [0.4, 0.5) is 0 Å². The van der Waals surface area contributed by atoms with Crippen LogP contribution in [0.25, 0.3) is 0 Å². The van der Waals surface area contributed by atoms with E-state index in [-0.39, 0.29) is 5.54 Å². The molecule has 0 atom stereocenters. The minimum absolute atomic E-state index is 0.269. The van der Waals surface area contributed by atoms with E-state index in [0.29, 0.717) is 5.02 Å². The van der Waals surface area contributed by atoms with Crippen LogP contribution in [0.15, 0.2) is 16.6 Å². The van der Waals surface area contributed by atoms with Gasteiger partial charge in [0.1, 0.15) is 5.75 Å². The highest BCUT2D eigenvalue weighted by Crippen LogP contribution is 2.42. The largest absolute Gasteiger partial charge is 0.496 e. The van der Waals surface area contributed by atoms with Crippen LogP contribution in [0, 0.1) is 0 Å². The molecule has 2 nitrogen and oxygen atoms in total. The minimum atomic E-state index is -0.269. The highest BCUT2D eigenvalue weighted by atomic mass is 79.9. The first-order valence-electron chi connectivity index (χ1n) is 5.89. The fourth-order valence-electron chi connectivity index (χ4n) is 2.53. The van der Waals surface area contributed by atoms with Crippen LogP contribution in [-0.4, -0.2) is 7.11 Å². The van der Waals surface area contributed by atoms with Crippen LogP contribution in [0.5, 0.6) is 5.75 Å². The molecule has 0 aliphatic heterocycles. The van der Waals surface area contributed by atoms with Crippen LogP contribution in [-0.2, 0) is 5.54 Å². The molecule has 1 aliphatic rings. The maximum Gasteiger partial charge on any atom is 0.134 e. The van der Waals surface area contributed by atoms with Crippen molar-refractivity contribution in [2.45, 2.75) is 37.6 Å². The molecule has 1 fully saturated rings. The summed E-state index contributed by atoms with van der Waals surface area (Å²) in [5.74, 6) is 0.753. The summed E-state index contributed by atoms with van der Waals surface area (Å²) in [7, 11) is 1.64. The molecule has 4 heteroatoms. The van der Waals surface area contributed by atoms with E-state index in [1.807, 2.05) is 6.07 Å². The maximum absolute atomic E-state index is 6.53. The second-order valence-corrected chi connectivity index (χ2v) is 5.92. The van der Waals surface area contributed by atoms with E-state index < -0.39 is 0 Å². The van der Waals surface area contributed by atoms with Gasteiger partial charge in [0.2, 0.25) is 0 Å². The SMILES string of the molecule is COc1cc(Cl)cc(C2(N)CCCCC2)c1Br. The molecule has 1 saturated carbocycles. The summed E-state index contributed by atoms with van der Waals surface area (Å²) in [4.78, 5) is 0. The Labute approximate surface area is 116 Å². The lowest BCUT2D eigenvalue weighted by Gasteiger charge is -2.35. The summed E-state index contributed by atoms with van der Waals surface area (Å²) < 4.78 is 6.25. The van der Waals surface area contributed by atoms with Gasteiger partial charge in [-0.25, -0.2) is 0 Å². The molecule has 0 spiro atoms. The van der Waals surface area contributed by atoms with Gasteiger partial charge in [-0.3, -0.25) is 0 Å². The van der Waals surface area contributed by atoms with E-state index in [1.54, 1.807) is 13.2 Å². The summed E-state index contributed by atoms with van der Waals surface area (Å²) in [5, 5.41) is 0.676. The van der Waals surface area contributed by atoms with Gasteiger partial charge in [0.25, 0.3) is 0 Å². The predicted molar refractivity (Wildman–Crippen MR) is 74.7 cm³/mol. The smallest absolute Gasteiger partial charge is 0.134 e. The van der Waals surface area contributed by atoms with Crippen molar-refractivity contribution in [1.29, 1.82) is 0 Å². The van der Waals surface area contributed by atoms with Crippen molar-refractivity contribution in [1.82, 2.24) is 0 Å². The summed E-state index contributed by atoms with van der Waals surface area (Å²) in [6.07, 6.45) is 5.65. The number of hydrogen-bond donors (Lipinski definition) is 1. The van der Waals surface area contributed by atoms with Gasteiger partial charge in [-0.15, -0.1) is 0 Å². The van der Waals surface area contributed by atoms with Gasteiger partial charge in [-0.2, -0.15) is 0 Å². The molecule has 94 valence electrons. The Kier molecular flexibility index (Phi) is 4.01. The zero-order valence-corrected chi connectivity index (χ0v) is 12.3. The van der Waals surface area contributed by atoms with Gasteiger partial charge in [0, 0.05) is 10.6 Å². The average molecular weight is 319 g/mol. The van der Waals surface area contributed by atoms with Crippen LogP contribution in [0.2, 0.25) is 5.02 Å². The van der Waals surface area contributed by atoms with E-state index in [4.69, 9.17) is 22.1 Å². The molecule has 17 heavy (non-hydrogen) atoms. The fourth-order valence-corrected chi connectivity index (χ4v) is 3.52. The number of benzene rings is 1. The first kappa shape index (κ1) is 13.2. The third-order valence-electron chi connectivity index (χ3n) is 3.51. The van der Waals surface area contributed by atoms with Crippen molar-refractivity contribution < 1.29 is 4.74 Å². The first-order chi connectivity index (χ1) is 8.07. The fraction of sp³-hybridized carbons (Fsp3) is 0.538. The van der Waals surface area contributed by atoms with Gasteiger partial charge in [0.15, 0.2) is 0 Å². The second kappa shape index (κ2) is 5.17. The van der Waals surface area contributed by atoms with Crippen LogP contribution in [0.3, 0.4) is 0 Å². The van der Waals surface area contributed by atoms with Gasteiger partial charge in [-0.1, -0.05) is 30.9 Å². The quantitative estimate of drug-likeness (QED) is 0.885. The van der Waals surface area contributed by atoms with Crippen molar-refractivity contribution in [2.24, 2.45) is 5.73 Å². The average Bonchev–Trinajstić information content (AvgIpc) is 2.32. The number of nitrogens with two attached hydrogens (primary N) is 1. The van der Waals surface area contributed by atoms with Gasteiger partial charge in [0.05, 0.1) is 11.6 Å². The zero-order chi connectivity index (χ0) is 12.5. The lowest BCUT2D eigenvalue weighted by atomic mass is 9.77. The monoisotopic (exact) mass is 317 g/mol. The van der Waals surface area contributed by atoms with Gasteiger partial charge in [-0.05, 0) is 46.5 Å². The molecule has 1 aromatic rings. The Bertz CT molecular complexity index is 416. The van der Waals surface area contributed by atoms with Crippen molar-refractivity contribution in [3.8, 4) is 5.75 Å². The lowest BCUT2D eigenvalue weighted by Crippen LogP contribution is -2.39. The van der Waals surface area contributed by atoms with Crippen molar-refractivity contribution in [2.75, 3.05) is 7.11 Å². The number of ether oxygens (including phenoxy) is 1. The summed E-state index contributed by atoms with van der Waals surface area (Å²) in [6, 6.07) is 3.76. The standard InChI is InChI=1S/C13H17BrClNO/c1-17-11-8-9(15)7-10(12(11)14)13(16)5-3-2-4-6-13/h7-8H,2-6,16H2,1H3. The molecule has 1 aromatic carbocycles. The molecular formula is C13H17BrClNO. The zero-order valence-electron chi connectivity index (χ0n) is 9.93. The summed E-state index contributed by atoms with van der Waals surface area (Å²) >= 11 is 9.71. The predicted octanol–water partition coefficient (Wildman–Crippen LogP) is 4.23. The third kappa shape index (κ3) is 2.61. The van der Waals surface area contributed by atoms with Crippen molar-refractivity contribution in [3.63, 3.8) is 0 Å². The number of rotatable bonds is 2. The Morgan fingerprint density at radius 1 is 1.29 bits per heavy atom. The highest BCUT2D eigenvalue weighted by Gasteiger charge is 2.32. The Hall–Kier alpha value is -0.250. The van der Waals surface area contributed by atoms with E-state index in [2.05, 4.69) is 15.9 Å². The Morgan fingerprint density at radius 2 is 1.94 bits per heavy atom. The van der Waals surface area contributed by atoms with Crippen molar-refractivity contribution in [3.05, 3.63) is 27.2 Å². The van der Waals surface area contributed by atoms with E-state index in [9.17, 15) is 0 Å². The maximum atomic E-state index is 6.53. The molecule has 1 aliphatic carbocycles. The molecule has 0 saturated heterocycles. The summed E-state index contributed by atoms with van der Waals surface area (Å²) in [6.45, 7) is 0. The highest BCUT2D eigenvalue weighted by molar-refractivity contribution is 9.10. The van der Waals surface area contributed by atoms with Crippen LogP contribution >= 0.6 is 27.5 Å². The minimum Gasteiger partial charge on any atom is -0.496 e. The Morgan fingerprint density at radius 3 is 2.53 bits per heavy atom. The van der Waals surface area contributed by atoms with Gasteiger partial charge >= 0.3 is 0 Å². The summed E-state index contributed by atoms with van der Waals surface area (Å²) in [5.41, 5.74) is 7.33.